The number of halogens is 3. The van der Waals surface area contributed by atoms with Gasteiger partial charge in [0.05, 0.1) is 11.4 Å². The number of carbonyl (C=O) groups is 3. The average molecular weight is 554 g/mol. The number of carboxylic acid groups (broad SMARTS) is 1. The fourth-order valence-electron chi connectivity index (χ4n) is 3.31. The highest BCUT2D eigenvalue weighted by Gasteiger charge is 2.31. The standard InChI is InChI=1S/C23H22F3N5O6S/c1-12(14-3-5-15(6-4-14)37-23(24,25)26)27-20(33)10-31-21(34)17-8-7-16(9-18(17)29-30-31)38-11-19(22(35)36)28-13(2)32/h3-9,12,19H,10-11H2,1-2H3,(H,27,33)(H,28,32)(H,35,36). The summed E-state index contributed by atoms with van der Waals surface area (Å²) >= 11 is 1.14. The van der Waals surface area contributed by atoms with Crippen molar-refractivity contribution in [3.63, 3.8) is 0 Å². The normalized spacial score (nSPS) is 13.0. The number of alkyl halides is 3. The van der Waals surface area contributed by atoms with E-state index in [2.05, 4.69) is 25.7 Å². The van der Waals surface area contributed by atoms with E-state index in [4.69, 9.17) is 0 Å². The molecule has 1 heterocycles. The second-order valence-electron chi connectivity index (χ2n) is 8.04. The predicted molar refractivity (Wildman–Crippen MR) is 129 cm³/mol. The number of nitrogens with one attached hydrogen (secondary N) is 2. The highest BCUT2D eigenvalue weighted by atomic mass is 32.2. The van der Waals surface area contributed by atoms with E-state index in [0.29, 0.717) is 10.5 Å². The van der Waals surface area contributed by atoms with E-state index in [1.807, 2.05) is 0 Å². The molecule has 1 aromatic heterocycles. The Bertz CT molecular complexity index is 1400. The zero-order valence-electron chi connectivity index (χ0n) is 20.0. The zero-order chi connectivity index (χ0) is 28.0. The Balaban J connectivity index is 1.64. The van der Waals surface area contributed by atoms with Crippen molar-refractivity contribution in [1.82, 2.24) is 25.6 Å². The van der Waals surface area contributed by atoms with Crippen molar-refractivity contribution in [2.24, 2.45) is 0 Å². The summed E-state index contributed by atoms with van der Waals surface area (Å²) in [5.41, 5.74) is 0.167. The van der Waals surface area contributed by atoms with Crippen LogP contribution >= 0.6 is 11.8 Å². The van der Waals surface area contributed by atoms with Crippen LogP contribution in [-0.4, -0.2) is 56.0 Å². The van der Waals surface area contributed by atoms with E-state index >= 15 is 0 Å². The van der Waals surface area contributed by atoms with Gasteiger partial charge in [0.15, 0.2) is 0 Å². The molecule has 3 rings (SSSR count). The van der Waals surface area contributed by atoms with Gasteiger partial charge in [0.1, 0.15) is 23.9 Å². The van der Waals surface area contributed by atoms with Gasteiger partial charge in [-0.2, -0.15) is 0 Å². The minimum absolute atomic E-state index is 0.0430. The van der Waals surface area contributed by atoms with E-state index in [1.165, 1.54) is 25.1 Å². The third-order valence-corrected chi connectivity index (χ3v) is 6.16. The van der Waals surface area contributed by atoms with Crippen molar-refractivity contribution in [3.05, 3.63) is 58.4 Å². The van der Waals surface area contributed by atoms with Crippen molar-refractivity contribution >= 4 is 40.4 Å². The van der Waals surface area contributed by atoms with Gasteiger partial charge in [-0.3, -0.25) is 14.4 Å². The molecular weight excluding hydrogens is 531 g/mol. The number of rotatable bonds is 10. The molecular formula is C23H22F3N5O6S. The van der Waals surface area contributed by atoms with Crippen LogP contribution in [0.25, 0.3) is 10.9 Å². The smallest absolute Gasteiger partial charge is 0.480 e. The molecule has 2 aromatic carbocycles. The van der Waals surface area contributed by atoms with E-state index in [1.54, 1.807) is 19.1 Å². The minimum atomic E-state index is -4.81. The van der Waals surface area contributed by atoms with Crippen LogP contribution in [-0.2, 0) is 20.9 Å². The van der Waals surface area contributed by atoms with Gasteiger partial charge in [-0.05, 0) is 42.8 Å². The van der Waals surface area contributed by atoms with Gasteiger partial charge in [-0.15, -0.1) is 30.0 Å². The second kappa shape index (κ2) is 11.9. The van der Waals surface area contributed by atoms with Crippen molar-refractivity contribution in [2.45, 2.75) is 43.7 Å². The van der Waals surface area contributed by atoms with E-state index in [0.717, 1.165) is 28.6 Å². The number of hydrogen-bond donors (Lipinski definition) is 3. The molecule has 0 aliphatic rings. The van der Waals surface area contributed by atoms with Crippen LogP contribution in [0.15, 0.2) is 52.2 Å². The van der Waals surface area contributed by atoms with Crippen LogP contribution < -0.4 is 20.9 Å². The first-order chi connectivity index (χ1) is 17.8. The number of benzene rings is 2. The molecule has 0 fully saturated rings. The summed E-state index contributed by atoms with van der Waals surface area (Å²) < 4.78 is 41.6. The van der Waals surface area contributed by atoms with Gasteiger partial charge >= 0.3 is 12.3 Å². The highest BCUT2D eigenvalue weighted by Crippen LogP contribution is 2.24. The van der Waals surface area contributed by atoms with Crippen LogP contribution in [0.2, 0.25) is 0 Å². The SMILES string of the molecule is CC(=O)NC(CSc1ccc2c(=O)n(CC(=O)NC(C)c3ccc(OC(F)(F)F)cc3)nnc2c1)C(=O)O. The number of aromatic nitrogens is 3. The fraction of sp³-hybridized carbons (Fsp3) is 0.304. The third-order valence-electron chi connectivity index (χ3n) is 5.07. The molecule has 0 radical (unpaired) electrons. The molecule has 2 atom stereocenters. The van der Waals surface area contributed by atoms with Gasteiger partial charge in [0.2, 0.25) is 11.8 Å². The molecule has 11 nitrogen and oxygen atoms in total. The summed E-state index contributed by atoms with van der Waals surface area (Å²) in [5.74, 6) is -2.59. The maximum absolute atomic E-state index is 12.8. The highest BCUT2D eigenvalue weighted by molar-refractivity contribution is 7.99. The van der Waals surface area contributed by atoms with Crippen LogP contribution in [0, 0.1) is 0 Å². The molecule has 2 amide bonds. The Morgan fingerprint density at radius 1 is 1.13 bits per heavy atom. The first kappa shape index (κ1) is 28.4. The molecule has 2 unspecified atom stereocenters. The van der Waals surface area contributed by atoms with Crippen molar-refractivity contribution in [1.29, 1.82) is 0 Å². The van der Waals surface area contributed by atoms with Crippen molar-refractivity contribution < 1.29 is 37.4 Å². The molecule has 0 saturated carbocycles. The number of nitrogens with zero attached hydrogens (tertiary/aromatic N) is 3. The van der Waals surface area contributed by atoms with Crippen molar-refractivity contribution in [2.75, 3.05) is 5.75 Å². The Morgan fingerprint density at radius 3 is 2.42 bits per heavy atom. The molecule has 0 aliphatic carbocycles. The molecule has 15 heteroatoms. The lowest BCUT2D eigenvalue weighted by molar-refractivity contribution is -0.274. The first-order valence-corrected chi connectivity index (χ1v) is 12.0. The van der Waals surface area contributed by atoms with Gasteiger partial charge < -0.3 is 20.5 Å². The van der Waals surface area contributed by atoms with Gasteiger partial charge in [-0.1, -0.05) is 17.3 Å². The topological polar surface area (TPSA) is 153 Å². The van der Waals surface area contributed by atoms with Crippen LogP contribution in [0.3, 0.4) is 0 Å². The molecule has 202 valence electrons. The number of hydrogen-bond acceptors (Lipinski definition) is 8. The average Bonchev–Trinajstić information content (AvgIpc) is 2.82. The first-order valence-electron chi connectivity index (χ1n) is 11.0. The molecule has 0 saturated heterocycles. The number of carboxylic acids is 1. The zero-order valence-corrected chi connectivity index (χ0v) is 20.8. The number of ether oxygens (including phenoxy) is 1. The molecule has 3 N–H and O–H groups in total. The maximum Gasteiger partial charge on any atom is 0.573 e. The summed E-state index contributed by atoms with van der Waals surface area (Å²) in [4.78, 5) is 48.3. The number of aliphatic carboxylic acids is 1. The molecule has 38 heavy (non-hydrogen) atoms. The Kier molecular flexibility index (Phi) is 8.93. The lowest BCUT2D eigenvalue weighted by Gasteiger charge is -2.15. The number of thioether (sulfide) groups is 1. The Hall–Kier alpha value is -4.14. The monoisotopic (exact) mass is 553 g/mol. The minimum Gasteiger partial charge on any atom is -0.480 e. The van der Waals surface area contributed by atoms with Gasteiger partial charge in [-0.25, -0.2) is 9.48 Å². The quantitative estimate of drug-likeness (QED) is 0.321. The lowest BCUT2D eigenvalue weighted by atomic mass is 10.1. The van der Waals surface area contributed by atoms with Crippen LogP contribution in [0.1, 0.15) is 25.5 Å². The van der Waals surface area contributed by atoms with E-state index in [-0.39, 0.29) is 16.7 Å². The second-order valence-corrected chi connectivity index (χ2v) is 9.13. The summed E-state index contributed by atoms with van der Waals surface area (Å²) in [6.07, 6.45) is -4.81. The number of carbonyl (C=O) groups excluding carboxylic acids is 2. The summed E-state index contributed by atoms with van der Waals surface area (Å²) in [6.45, 7) is 2.38. The number of amides is 2. The number of fused-ring (bicyclic) bond motifs is 1. The lowest BCUT2D eigenvalue weighted by Crippen LogP contribution is -2.41. The van der Waals surface area contributed by atoms with Crippen molar-refractivity contribution in [3.8, 4) is 5.75 Å². The molecule has 0 aliphatic heterocycles. The third kappa shape index (κ3) is 7.93. The molecule has 3 aromatic rings. The van der Waals surface area contributed by atoms with Crippen LogP contribution in [0.4, 0.5) is 13.2 Å². The maximum atomic E-state index is 12.8. The summed E-state index contributed by atoms with van der Waals surface area (Å²) in [7, 11) is 0. The summed E-state index contributed by atoms with van der Waals surface area (Å²) in [5, 5.41) is 22.1. The van der Waals surface area contributed by atoms with E-state index < -0.39 is 54.1 Å². The van der Waals surface area contributed by atoms with Gasteiger partial charge in [0.25, 0.3) is 5.56 Å². The largest absolute Gasteiger partial charge is 0.573 e. The molecule has 0 bridgehead atoms. The van der Waals surface area contributed by atoms with Crippen LogP contribution in [0.5, 0.6) is 5.75 Å². The Labute approximate surface area is 217 Å². The fourth-order valence-corrected chi connectivity index (χ4v) is 4.26. The molecule has 0 spiro atoms. The van der Waals surface area contributed by atoms with E-state index in [9.17, 15) is 37.5 Å². The Morgan fingerprint density at radius 2 is 1.82 bits per heavy atom. The van der Waals surface area contributed by atoms with Gasteiger partial charge in [0, 0.05) is 17.6 Å². The predicted octanol–water partition coefficient (Wildman–Crippen LogP) is 2.25. The summed E-state index contributed by atoms with van der Waals surface area (Å²) in [6, 6.07) is 7.91.